The number of rotatable bonds is 5. The monoisotopic (exact) mass is 484 g/mol. The van der Waals surface area contributed by atoms with E-state index in [1.54, 1.807) is 18.2 Å². The Labute approximate surface area is 203 Å². The van der Waals surface area contributed by atoms with E-state index < -0.39 is 0 Å². The van der Waals surface area contributed by atoms with Gasteiger partial charge in [0.05, 0.1) is 11.1 Å². The van der Waals surface area contributed by atoms with Gasteiger partial charge in [0.25, 0.3) is 0 Å². The molecule has 1 amide bonds. The molecule has 1 aromatic heterocycles. The van der Waals surface area contributed by atoms with Crippen LogP contribution in [0.3, 0.4) is 0 Å². The molecule has 0 spiro atoms. The highest BCUT2D eigenvalue weighted by atomic mass is 35.5. The van der Waals surface area contributed by atoms with Crippen molar-refractivity contribution >= 4 is 40.0 Å². The first kappa shape index (κ1) is 22.6. The molecular weight excluding hydrogens is 458 g/mol. The molecule has 1 atom stereocenters. The standard InChI is InChI=1S/C27H27Cl2FN2O/c1-16(26(33)32-27(11-12-27)23-8-6-19(28)14-24(23)29)17-2-4-18(5-3-17)21-10-13-31-25-9-7-20(30)15-22(21)25/h6-10,13-18H,2-5,11-12H2,1H3,(H,32,33)/t16?,17-,18+. The first-order valence-corrected chi connectivity index (χ1v) is 12.4. The zero-order chi connectivity index (χ0) is 23.2. The van der Waals surface area contributed by atoms with E-state index in [1.165, 1.54) is 11.6 Å². The smallest absolute Gasteiger partial charge is 0.223 e. The molecule has 2 aromatic carbocycles. The number of hydrogen-bond acceptors (Lipinski definition) is 2. The summed E-state index contributed by atoms with van der Waals surface area (Å²) in [7, 11) is 0. The van der Waals surface area contributed by atoms with Crippen LogP contribution in [-0.2, 0) is 10.3 Å². The Morgan fingerprint density at radius 1 is 1.09 bits per heavy atom. The van der Waals surface area contributed by atoms with Crippen molar-refractivity contribution in [2.24, 2.45) is 11.8 Å². The van der Waals surface area contributed by atoms with E-state index in [0.29, 0.717) is 21.9 Å². The number of nitrogens with zero attached hydrogens (tertiary/aromatic N) is 1. The third-order valence-electron chi connectivity index (χ3n) is 7.63. The summed E-state index contributed by atoms with van der Waals surface area (Å²) in [6, 6.07) is 12.3. The SMILES string of the molecule is CC(C(=O)NC1(c2ccc(Cl)cc2Cl)CC1)[C@H]1CC[C@@H](c2ccnc3ccc(F)cc32)CC1. The maximum atomic E-state index is 13.9. The lowest BCUT2D eigenvalue weighted by Gasteiger charge is -2.33. The van der Waals surface area contributed by atoms with Crippen molar-refractivity contribution in [3.05, 3.63) is 75.7 Å². The van der Waals surface area contributed by atoms with Gasteiger partial charge in [0.1, 0.15) is 5.82 Å². The van der Waals surface area contributed by atoms with Gasteiger partial charge in [-0.1, -0.05) is 36.2 Å². The van der Waals surface area contributed by atoms with Crippen LogP contribution in [0.25, 0.3) is 10.9 Å². The van der Waals surface area contributed by atoms with Gasteiger partial charge in [-0.3, -0.25) is 9.78 Å². The Kier molecular flexibility index (Phi) is 6.09. The minimum Gasteiger partial charge on any atom is -0.346 e. The summed E-state index contributed by atoms with van der Waals surface area (Å²) >= 11 is 12.5. The molecule has 2 saturated carbocycles. The van der Waals surface area contributed by atoms with E-state index in [0.717, 1.165) is 55.0 Å². The number of halogens is 3. The fourth-order valence-corrected chi connectivity index (χ4v) is 6.04. The minimum atomic E-state index is -0.357. The van der Waals surface area contributed by atoms with Crippen LogP contribution in [0, 0.1) is 17.7 Å². The number of hydrogen-bond donors (Lipinski definition) is 1. The van der Waals surface area contributed by atoms with Gasteiger partial charge in [-0.25, -0.2) is 4.39 Å². The second kappa shape index (κ2) is 8.88. The van der Waals surface area contributed by atoms with Crippen molar-refractivity contribution in [1.82, 2.24) is 10.3 Å². The molecule has 33 heavy (non-hydrogen) atoms. The van der Waals surface area contributed by atoms with E-state index in [-0.39, 0.29) is 23.2 Å². The Balaban J connectivity index is 1.24. The molecule has 0 bridgehead atoms. The lowest BCUT2D eigenvalue weighted by molar-refractivity contribution is -0.127. The fraction of sp³-hybridized carbons (Fsp3) is 0.407. The van der Waals surface area contributed by atoms with Gasteiger partial charge < -0.3 is 5.32 Å². The summed E-state index contributed by atoms with van der Waals surface area (Å²) in [5, 5.41) is 5.41. The predicted molar refractivity (Wildman–Crippen MR) is 131 cm³/mol. The lowest BCUT2D eigenvalue weighted by atomic mass is 9.73. The molecule has 2 aliphatic rings. The third kappa shape index (κ3) is 4.48. The predicted octanol–water partition coefficient (Wildman–Crippen LogP) is 7.40. The third-order valence-corrected chi connectivity index (χ3v) is 8.18. The number of nitrogens with one attached hydrogen (secondary N) is 1. The summed E-state index contributed by atoms with van der Waals surface area (Å²) in [6.45, 7) is 2.04. The summed E-state index contributed by atoms with van der Waals surface area (Å²) in [4.78, 5) is 17.6. The molecule has 1 heterocycles. The van der Waals surface area contributed by atoms with Crippen LogP contribution in [0.5, 0.6) is 0 Å². The molecule has 1 N–H and O–H groups in total. The first-order chi connectivity index (χ1) is 15.9. The van der Waals surface area contributed by atoms with Crippen molar-refractivity contribution in [1.29, 1.82) is 0 Å². The number of carbonyl (C=O) groups excluding carboxylic acids is 1. The molecule has 5 rings (SSSR count). The van der Waals surface area contributed by atoms with Crippen molar-refractivity contribution in [2.75, 3.05) is 0 Å². The number of pyridine rings is 1. The number of fused-ring (bicyclic) bond motifs is 1. The maximum Gasteiger partial charge on any atom is 0.223 e. The van der Waals surface area contributed by atoms with Crippen LogP contribution in [0.1, 0.15) is 62.5 Å². The lowest BCUT2D eigenvalue weighted by Crippen LogP contribution is -2.41. The summed E-state index contributed by atoms with van der Waals surface area (Å²) in [6.07, 6.45) is 7.55. The Morgan fingerprint density at radius 3 is 2.55 bits per heavy atom. The van der Waals surface area contributed by atoms with E-state index in [4.69, 9.17) is 23.2 Å². The van der Waals surface area contributed by atoms with Crippen molar-refractivity contribution in [3.8, 4) is 0 Å². The molecule has 3 aromatic rings. The van der Waals surface area contributed by atoms with E-state index >= 15 is 0 Å². The van der Waals surface area contributed by atoms with Crippen LogP contribution in [0.2, 0.25) is 10.0 Å². The van der Waals surface area contributed by atoms with Gasteiger partial charge in [-0.15, -0.1) is 0 Å². The average molecular weight is 485 g/mol. The van der Waals surface area contributed by atoms with Crippen LogP contribution in [0.15, 0.2) is 48.7 Å². The minimum absolute atomic E-state index is 0.0684. The van der Waals surface area contributed by atoms with Gasteiger partial charge in [0, 0.05) is 27.5 Å². The van der Waals surface area contributed by atoms with Crippen LogP contribution < -0.4 is 5.32 Å². The van der Waals surface area contributed by atoms with E-state index in [2.05, 4.69) is 10.3 Å². The Morgan fingerprint density at radius 2 is 1.85 bits per heavy atom. The number of amides is 1. The van der Waals surface area contributed by atoms with Crippen LogP contribution in [0.4, 0.5) is 4.39 Å². The van der Waals surface area contributed by atoms with Crippen LogP contribution in [-0.4, -0.2) is 10.9 Å². The summed E-state index contributed by atoms with van der Waals surface area (Å²) in [5.41, 5.74) is 2.60. The van der Waals surface area contributed by atoms with Gasteiger partial charge in [0.15, 0.2) is 0 Å². The Bertz CT molecular complexity index is 1200. The fourth-order valence-electron chi connectivity index (χ4n) is 5.45. The second-order valence-corrected chi connectivity index (χ2v) is 10.5. The molecule has 2 aliphatic carbocycles. The molecule has 172 valence electrons. The highest BCUT2D eigenvalue weighted by molar-refractivity contribution is 6.35. The first-order valence-electron chi connectivity index (χ1n) is 11.7. The summed E-state index contributed by atoms with van der Waals surface area (Å²) in [5.74, 6) is 0.499. The molecule has 3 nitrogen and oxygen atoms in total. The van der Waals surface area contributed by atoms with Gasteiger partial charge >= 0.3 is 0 Å². The molecular formula is C27H27Cl2FN2O. The van der Waals surface area contributed by atoms with Gasteiger partial charge in [-0.05, 0) is 97.9 Å². The largest absolute Gasteiger partial charge is 0.346 e. The maximum absolute atomic E-state index is 13.9. The topological polar surface area (TPSA) is 42.0 Å². The zero-order valence-corrected chi connectivity index (χ0v) is 20.1. The highest BCUT2D eigenvalue weighted by Gasteiger charge is 2.48. The Hall–Kier alpha value is -2.17. The van der Waals surface area contributed by atoms with Crippen LogP contribution >= 0.6 is 23.2 Å². The molecule has 1 unspecified atom stereocenters. The van der Waals surface area contributed by atoms with Crippen molar-refractivity contribution in [2.45, 2.75) is 56.9 Å². The van der Waals surface area contributed by atoms with Gasteiger partial charge in [0.2, 0.25) is 5.91 Å². The van der Waals surface area contributed by atoms with Crippen molar-refractivity contribution < 1.29 is 9.18 Å². The van der Waals surface area contributed by atoms with Gasteiger partial charge in [-0.2, -0.15) is 0 Å². The van der Waals surface area contributed by atoms with Crippen molar-refractivity contribution in [3.63, 3.8) is 0 Å². The molecule has 2 fully saturated rings. The number of aromatic nitrogens is 1. The zero-order valence-electron chi connectivity index (χ0n) is 18.6. The molecule has 6 heteroatoms. The highest BCUT2D eigenvalue weighted by Crippen LogP contribution is 2.49. The number of carbonyl (C=O) groups is 1. The second-order valence-electron chi connectivity index (χ2n) is 9.66. The molecule has 0 radical (unpaired) electrons. The average Bonchev–Trinajstić information content (AvgIpc) is 3.58. The quantitative estimate of drug-likeness (QED) is 0.409. The normalized spacial score (nSPS) is 22.7. The molecule has 0 saturated heterocycles. The summed E-state index contributed by atoms with van der Waals surface area (Å²) < 4.78 is 13.9. The van der Waals surface area contributed by atoms with E-state index in [9.17, 15) is 9.18 Å². The number of benzene rings is 2. The molecule has 0 aliphatic heterocycles. The van der Waals surface area contributed by atoms with E-state index in [1.807, 2.05) is 31.3 Å².